The van der Waals surface area contributed by atoms with E-state index in [9.17, 15) is 4.79 Å². The van der Waals surface area contributed by atoms with Gasteiger partial charge in [0.1, 0.15) is 0 Å². The number of anilines is 1. The molecule has 0 bridgehead atoms. The molecule has 0 saturated heterocycles. The lowest BCUT2D eigenvalue weighted by atomic mass is 10.2. The van der Waals surface area contributed by atoms with Gasteiger partial charge in [-0.25, -0.2) is 0 Å². The van der Waals surface area contributed by atoms with Gasteiger partial charge in [0.2, 0.25) is 0 Å². The lowest BCUT2D eigenvalue weighted by Gasteiger charge is -2.11. The fourth-order valence-electron chi connectivity index (χ4n) is 1.10. The Bertz CT molecular complexity index is 336. The molecule has 0 aliphatic rings. The topological polar surface area (TPSA) is 20.3 Å². The second kappa shape index (κ2) is 7.69. The first-order chi connectivity index (χ1) is 7.59. The van der Waals surface area contributed by atoms with Crippen molar-refractivity contribution in [2.75, 3.05) is 19.0 Å². The van der Waals surface area contributed by atoms with E-state index in [-0.39, 0.29) is 5.78 Å². The van der Waals surface area contributed by atoms with Crippen LogP contribution >= 0.6 is 0 Å². The van der Waals surface area contributed by atoms with E-state index < -0.39 is 0 Å². The standard InChI is InChI=1S/C12H15NO.C2H6/c1-10(14)4-5-11-6-8-12(9-7-11)13(2)3;1-2/h4-9H,1-3H3;1-2H3/b5-4+;. The van der Waals surface area contributed by atoms with E-state index in [0.29, 0.717) is 0 Å². The highest BCUT2D eigenvalue weighted by Gasteiger charge is 1.93. The normalized spacial score (nSPS) is 9.56. The summed E-state index contributed by atoms with van der Waals surface area (Å²) in [6.07, 6.45) is 3.40. The molecular formula is C14H21NO. The van der Waals surface area contributed by atoms with Crippen LogP contribution in [0.5, 0.6) is 0 Å². The van der Waals surface area contributed by atoms with Crippen molar-refractivity contribution in [2.24, 2.45) is 0 Å². The van der Waals surface area contributed by atoms with Gasteiger partial charge in [-0.1, -0.05) is 32.1 Å². The number of allylic oxidation sites excluding steroid dienone is 1. The number of benzene rings is 1. The molecule has 1 aromatic rings. The van der Waals surface area contributed by atoms with E-state index in [1.165, 1.54) is 0 Å². The SMILES string of the molecule is CC.CC(=O)/C=C/c1ccc(N(C)C)cc1. The second-order valence-electron chi connectivity index (χ2n) is 3.43. The predicted octanol–water partition coefficient (Wildman–Crippen LogP) is 3.38. The molecule has 2 nitrogen and oxygen atoms in total. The molecule has 16 heavy (non-hydrogen) atoms. The van der Waals surface area contributed by atoms with Crippen LogP contribution in [0.4, 0.5) is 5.69 Å². The van der Waals surface area contributed by atoms with Crippen LogP contribution in [0.25, 0.3) is 6.08 Å². The number of hydrogen-bond donors (Lipinski definition) is 0. The summed E-state index contributed by atoms with van der Waals surface area (Å²) >= 11 is 0. The van der Waals surface area contributed by atoms with E-state index in [1.54, 1.807) is 13.0 Å². The number of carbonyl (C=O) groups is 1. The highest BCUT2D eigenvalue weighted by atomic mass is 16.1. The molecule has 0 aliphatic heterocycles. The van der Waals surface area contributed by atoms with E-state index >= 15 is 0 Å². The Morgan fingerprint density at radius 2 is 1.62 bits per heavy atom. The third-order valence-electron chi connectivity index (χ3n) is 1.92. The molecule has 0 unspecified atom stereocenters. The fourth-order valence-corrected chi connectivity index (χ4v) is 1.10. The Morgan fingerprint density at radius 3 is 2.00 bits per heavy atom. The Kier molecular flexibility index (Phi) is 6.93. The van der Waals surface area contributed by atoms with E-state index in [4.69, 9.17) is 0 Å². The van der Waals surface area contributed by atoms with Crippen molar-refractivity contribution in [3.63, 3.8) is 0 Å². The van der Waals surface area contributed by atoms with E-state index in [2.05, 4.69) is 0 Å². The maximum atomic E-state index is 10.7. The number of nitrogens with zero attached hydrogens (tertiary/aromatic N) is 1. The van der Waals surface area contributed by atoms with Gasteiger partial charge >= 0.3 is 0 Å². The molecule has 0 heterocycles. The van der Waals surface area contributed by atoms with Gasteiger partial charge in [-0.2, -0.15) is 0 Å². The van der Waals surface area contributed by atoms with Gasteiger partial charge in [0.15, 0.2) is 5.78 Å². The number of rotatable bonds is 3. The number of hydrogen-bond acceptors (Lipinski definition) is 2. The monoisotopic (exact) mass is 219 g/mol. The van der Waals surface area contributed by atoms with Gasteiger partial charge in [-0.15, -0.1) is 0 Å². The molecule has 2 heteroatoms. The van der Waals surface area contributed by atoms with Gasteiger partial charge in [-0.05, 0) is 30.7 Å². The molecule has 88 valence electrons. The van der Waals surface area contributed by atoms with Gasteiger partial charge in [0, 0.05) is 19.8 Å². The highest BCUT2D eigenvalue weighted by molar-refractivity contribution is 5.91. The van der Waals surface area contributed by atoms with Crippen molar-refractivity contribution in [3.8, 4) is 0 Å². The quantitative estimate of drug-likeness (QED) is 0.726. The molecule has 1 rings (SSSR count). The Morgan fingerprint density at radius 1 is 1.12 bits per heavy atom. The van der Waals surface area contributed by atoms with Gasteiger partial charge < -0.3 is 4.90 Å². The first-order valence-corrected chi connectivity index (χ1v) is 5.55. The van der Waals surface area contributed by atoms with Crippen LogP contribution in [0.2, 0.25) is 0 Å². The maximum Gasteiger partial charge on any atom is 0.152 e. The largest absolute Gasteiger partial charge is 0.378 e. The summed E-state index contributed by atoms with van der Waals surface area (Å²) in [5, 5.41) is 0. The lowest BCUT2D eigenvalue weighted by molar-refractivity contribution is -0.112. The van der Waals surface area contributed by atoms with Crippen molar-refractivity contribution < 1.29 is 4.79 Å². The number of ketones is 1. The summed E-state index contributed by atoms with van der Waals surface area (Å²) in [4.78, 5) is 12.7. The van der Waals surface area contributed by atoms with Gasteiger partial charge in [-0.3, -0.25) is 4.79 Å². The first-order valence-electron chi connectivity index (χ1n) is 5.55. The fraction of sp³-hybridized carbons (Fsp3) is 0.357. The molecule has 0 atom stereocenters. The van der Waals surface area contributed by atoms with Crippen molar-refractivity contribution in [3.05, 3.63) is 35.9 Å². The summed E-state index contributed by atoms with van der Waals surface area (Å²) in [6.45, 7) is 5.55. The summed E-state index contributed by atoms with van der Waals surface area (Å²) in [5.74, 6) is 0.0710. The van der Waals surface area contributed by atoms with E-state index in [0.717, 1.165) is 11.3 Å². The average Bonchev–Trinajstić information content (AvgIpc) is 2.29. The summed E-state index contributed by atoms with van der Waals surface area (Å²) < 4.78 is 0. The van der Waals surface area contributed by atoms with Crippen LogP contribution < -0.4 is 4.90 Å². The predicted molar refractivity (Wildman–Crippen MR) is 71.8 cm³/mol. The molecule has 0 spiro atoms. The van der Waals surface area contributed by atoms with Crippen molar-refractivity contribution in [1.29, 1.82) is 0 Å². The van der Waals surface area contributed by atoms with Crippen LogP contribution in [0.15, 0.2) is 30.3 Å². The Balaban J connectivity index is 0.00000106. The van der Waals surface area contributed by atoms with Crippen molar-refractivity contribution in [2.45, 2.75) is 20.8 Å². The minimum atomic E-state index is 0.0710. The Labute approximate surface area is 98.6 Å². The summed E-state index contributed by atoms with van der Waals surface area (Å²) in [5.41, 5.74) is 2.20. The zero-order chi connectivity index (χ0) is 12.6. The molecule has 0 fully saturated rings. The van der Waals surface area contributed by atoms with Crippen LogP contribution in [0, 0.1) is 0 Å². The van der Waals surface area contributed by atoms with Gasteiger partial charge in [0.25, 0.3) is 0 Å². The summed E-state index contributed by atoms with van der Waals surface area (Å²) in [6, 6.07) is 8.04. The molecule has 0 aromatic heterocycles. The Hall–Kier alpha value is -1.57. The minimum Gasteiger partial charge on any atom is -0.378 e. The molecule has 0 radical (unpaired) electrons. The summed E-state index contributed by atoms with van der Waals surface area (Å²) in [7, 11) is 4.00. The van der Waals surface area contributed by atoms with Crippen molar-refractivity contribution in [1.82, 2.24) is 0 Å². The molecular weight excluding hydrogens is 198 g/mol. The second-order valence-corrected chi connectivity index (χ2v) is 3.43. The van der Waals surface area contributed by atoms with Crippen LogP contribution in [0.1, 0.15) is 26.3 Å². The van der Waals surface area contributed by atoms with Crippen LogP contribution in [-0.4, -0.2) is 19.9 Å². The third-order valence-corrected chi connectivity index (χ3v) is 1.92. The third kappa shape index (κ3) is 5.35. The maximum absolute atomic E-state index is 10.7. The molecule has 0 amide bonds. The average molecular weight is 219 g/mol. The molecule has 0 saturated carbocycles. The van der Waals surface area contributed by atoms with Crippen LogP contribution in [-0.2, 0) is 4.79 Å². The zero-order valence-electron chi connectivity index (χ0n) is 10.8. The van der Waals surface area contributed by atoms with Gasteiger partial charge in [0.05, 0.1) is 0 Å². The van der Waals surface area contributed by atoms with E-state index in [1.807, 2.05) is 63.2 Å². The molecule has 0 aliphatic carbocycles. The van der Waals surface area contributed by atoms with Crippen LogP contribution in [0.3, 0.4) is 0 Å². The first kappa shape index (κ1) is 14.4. The minimum absolute atomic E-state index is 0.0710. The molecule has 0 N–H and O–H groups in total. The smallest absolute Gasteiger partial charge is 0.152 e. The molecule has 1 aromatic carbocycles. The lowest BCUT2D eigenvalue weighted by Crippen LogP contribution is -2.07. The van der Waals surface area contributed by atoms with Crippen molar-refractivity contribution >= 4 is 17.5 Å². The highest BCUT2D eigenvalue weighted by Crippen LogP contribution is 2.12. The zero-order valence-corrected chi connectivity index (χ0v) is 10.8. The number of carbonyl (C=O) groups excluding carboxylic acids is 1.